The molecule has 0 fully saturated rings. The highest BCUT2D eigenvalue weighted by Crippen LogP contribution is 2.41. The van der Waals surface area contributed by atoms with Crippen molar-refractivity contribution in [2.75, 3.05) is 0 Å². The monoisotopic (exact) mass is 374 g/mol. The van der Waals surface area contributed by atoms with E-state index in [4.69, 9.17) is 4.42 Å². The number of aryl methyl sites for hydroxylation is 2. The van der Waals surface area contributed by atoms with E-state index in [1.165, 1.54) is 6.07 Å². The molecule has 0 amide bonds. The van der Waals surface area contributed by atoms with Crippen molar-refractivity contribution < 1.29 is 17.8 Å². The van der Waals surface area contributed by atoms with Gasteiger partial charge in [-0.25, -0.2) is 13.3 Å². The Labute approximate surface area is 160 Å². The zero-order valence-electron chi connectivity index (χ0n) is 15.8. The van der Waals surface area contributed by atoms with Gasteiger partial charge in [0.25, 0.3) is 0 Å². The molecular formula is C24H18F2NO+. The van der Waals surface area contributed by atoms with E-state index < -0.39 is 11.6 Å². The summed E-state index contributed by atoms with van der Waals surface area (Å²) in [7, 11) is 1.98. The molecule has 28 heavy (non-hydrogen) atoms. The molecule has 0 aliphatic heterocycles. The second-order valence-electron chi connectivity index (χ2n) is 7.30. The molecular weight excluding hydrogens is 356 g/mol. The van der Waals surface area contributed by atoms with Crippen molar-refractivity contribution in [1.82, 2.24) is 0 Å². The van der Waals surface area contributed by atoms with Crippen molar-refractivity contribution in [1.29, 1.82) is 0 Å². The van der Waals surface area contributed by atoms with Gasteiger partial charge in [0.15, 0.2) is 6.20 Å². The second kappa shape index (κ2) is 5.86. The predicted molar refractivity (Wildman–Crippen MR) is 107 cm³/mol. The molecule has 0 radical (unpaired) electrons. The molecule has 138 valence electrons. The van der Waals surface area contributed by atoms with Crippen LogP contribution in [-0.2, 0) is 7.05 Å². The van der Waals surface area contributed by atoms with Gasteiger partial charge in [-0.1, -0.05) is 18.2 Å². The number of halogens is 2. The highest BCUT2D eigenvalue weighted by Gasteiger charge is 2.25. The van der Waals surface area contributed by atoms with E-state index in [0.717, 1.165) is 39.2 Å². The SMILES string of the molecule is Cc1cc2c(oc3cc(F)cc(F)c32)c(-c2c3ccccc3cc[n+]2C)c1C. The number of nitrogens with zero attached hydrogens (tertiary/aromatic N) is 1. The van der Waals surface area contributed by atoms with Gasteiger partial charge in [-0.2, -0.15) is 0 Å². The van der Waals surface area contributed by atoms with Crippen LogP contribution >= 0.6 is 0 Å². The number of pyridine rings is 1. The van der Waals surface area contributed by atoms with Crippen molar-refractivity contribution >= 4 is 32.7 Å². The summed E-state index contributed by atoms with van der Waals surface area (Å²) in [5.74, 6) is -1.25. The Balaban J connectivity index is 2.03. The zero-order valence-corrected chi connectivity index (χ0v) is 15.8. The Morgan fingerprint density at radius 3 is 2.54 bits per heavy atom. The number of furan rings is 1. The third kappa shape index (κ3) is 2.27. The summed E-state index contributed by atoms with van der Waals surface area (Å²) >= 11 is 0. The highest BCUT2D eigenvalue weighted by molar-refractivity contribution is 6.12. The first kappa shape index (κ1) is 16.9. The van der Waals surface area contributed by atoms with Gasteiger partial charge in [0.1, 0.15) is 29.8 Å². The van der Waals surface area contributed by atoms with Crippen LogP contribution in [0.3, 0.4) is 0 Å². The van der Waals surface area contributed by atoms with Crippen LogP contribution in [0.25, 0.3) is 44.0 Å². The topological polar surface area (TPSA) is 17.0 Å². The van der Waals surface area contributed by atoms with Gasteiger partial charge in [0.2, 0.25) is 5.69 Å². The van der Waals surface area contributed by atoms with Gasteiger partial charge in [-0.05, 0) is 42.5 Å². The summed E-state index contributed by atoms with van der Waals surface area (Å²) in [5, 5.41) is 3.18. The fraction of sp³-hybridized carbons (Fsp3) is 0.125. The lowest BCUT2D eigenvalue weighted by atomic mass is 9.94. The van der Waals surface area contributed by atoms with Gasteiger partial charge in [-0.15, -0.1) is 0 Å². The number of hydrogen-bond donors (Lipinski definition) is 0. The predicted octanol–water partition coefficient (Wildman–Crippen LogP) is 6.13. The molecule has 0 aliphatic rings. The maximum absolute atomic E-state index is 14.6. The van der Waals surface area contributed by atoms with Crippen molar-refractivity contribution in [3.63, 3.8) is 0 Å². The lowest BCUT2D eigenvalue weighted by Crippen LogP contribution is -2.30. The van der Waals surface area contributed by atoms with Crippen molar-refractivity contribution in [3.05, 3.63) is 77.5 Å². The molecule has 0 N–H and O–H groups in total. The first-order valence-electron chi connectivity index (χ1n) is 9.15. The molecule has 0 aliphatic carbocycles. The minimum atomic E-state index is -0.644. The van der Waals surface area contributed by atoms with Crippen molar-refractivity contribution in [2.24, 2.45) is 7.05 Å². The van der Waals surface area contributed by atoms with Gasteiger partial charge < -0.3 is 4.42 Å². The third-order valence-corrected chi connectivity index (χ3v) is 5.58. The summed E-state index contributed by atoms with van der Waals surface area (Å²) in [6, 6.07) is 14.3. The molecule has 2 heterocycles. The number of benzene rings is 3. The molecule has 0 atom stereocenters. The van der Waals surface area contributed by atoms with E-state index in [2.05, 4.69) is 18.2 Å². The van der Waals surface area contributed by atoms with Crippen LogP contribution in [0.5, 0.6) is 0 Å². The van der Waals surface area contributed by atoms with E-state index >= 15 is 0 Å². The molecule has 2 aromatic heterocycles. The molecule has 0 spiro atoms. The standard InChI is InChI=1S/C24H18F2NO/c1-13-10-18-22-19(26)11-16(25)12-20(22)28-24(18)21(14(13)2)23-17-7-5-4-6-15(17)8-9-27(23)3/h4-12H,1-3H3/q+1. The first-order chi connectivity index (χ1) is 13.5. The minimum absolute atomic E-state index is 0.224. The van der Waals surface area contributed by atoms with Crippen LogP contribution in [0.15, 0.2) is 59.1 Å². The zero-order chi connectivity index (χ0) is 19.6. The van der Waals surface area contributed by atoms with E-state index in [1.54, 1.807) is 0 Å². The quantitative estimate of drug-likeness (QED) is 0.323. The molecule has 0 saturated carbocycles. The van der Waals surface area contributed by atoms with E-state index in [9.17, 15) is 8.78 Å². The first-order valence-corrected chi connectivity index (χ1v) is 9.15. The largest absolute Gasteiger partial charge is 0.455 e. The average Bonchev–Trinajstić information content (AvgIpc) is 3.01. The number of rotatable bonds is 1. The Kier molecular flexibility index (Phi) is 3.53. The van der Waals surface area contributed by atoms with Crippen LogP contribution < -0.4 is 4.57 Å². The summed E-state index contributed by atoms with van der Waals surface area (Å²) < 4.78 is 36.5. The molecule has 5 rings (SSSR count). The summed E-state index contributed by atoms with van der Waals surface area (Å²) in [6.07, 6.45) is 2.01. The van der Waals surface area contributed by atoms with E-state index in [1.807, 2.05) is 49.9 Å². The molecule has 0 saturated heterocycles. The van der Waals surface area contributed by atoms with Crippen LogP contribution in [0.4, 0.5) is 8.78 Å². The number of fused-ring (bicyclic) bond motifs is 4. The molecule has 2 nitrogen and oxygen atoms in total. The Morgan fingerprint density at radius 1 is 0.929 bits per heavy atom. The Hall–Kier alpha value is -3.27. The smallest absolute Gasteiger partial charge is 0.224 e. The van der Waals surface area contributed by atoms with Gasteiger partial charge in [-0.3, -0.25) is 0 Å². The Morgan fingerprint density at radius 2 is 1.71 bits per heavy atom. The van der Waals surface area contributed by atoms with E-state index in [-0.39, 0.29) is 5.58 Å². The molecule has 4 heteroatoms. The van der Waals surface area contributed by atoms with Crippen LogP contribution in [0, 0.1) is 25.5 Å². The summed E-state index contributed by atoms with van der Waals surface area (Å²) in [6.45, 7) is 4.04. The average molecular weight is 374 g/mol. The lowest BCUT2D eigenvalue weighted by molar-refractivity contribution is -0.659. The lowest BCUT2D eigenvalue weighted by Gasteiger charge is -2.11. The minimum Gasteiger partial charge on any atom is -0.455 e. The fourth-order valence-electron chi connectivity index (χ4n) is 4.10. The van der Waals surface area contributed by atoms with Gasteiger partial charge in [0, 0.05) is 23.6 Å². The van der Waals surface area contributed by atoms with Crippen LogP contribution in [0.2, 0.25) is 0 Å². The maximum atomic E-state index is 14.6. The summed E-state index contributed by atoms with van der Waals surface area (Å²) in [4.78, 5) is 0. The van der Waals surface area contributed by atoms with Gasteiger partial charge in [0.05, 0.1) is 16.3 Å². The number of aromatic nitrogens is 1. The third-order valence-electron chi connectivity index (χ3n) is 5.58. The molecule has 0 bridgehead atoms. The van der Waals surface area contributed by atoms with Crippen LogP contribution in [0.1, 0.15) is 11.1 Å². The van der Waals surface area contributed by atoms with E-state index in [0.29, 0.717) is 16.4 Å². The molecule has 5 aromatic rings. The van der Waals surface area contributed by atoms with Gasteiger partial charge >= 0.3 is 0 Å². The maximum Gasteiger partial charge on any atom is 0.224 e. The summed E-state index contributed by atoms with van der Waals surface area (Å²) in [5.41, 5.74) is 4.78. The number of hydrogen-bond acceptors (Lipinski definition) is 1. The molecule has 0 unspecified atom stereocenters. The van der Waals surface area contributed by atoms with Crippen molar-refractivity contribution in [2.45, 2.75) is 13.8 Å². The fourth-order valence-corrected chi connectivity index (χ4v) is 4.10. The van der Waals surface area contributed by atoms with Crippen molar-refractivity contribution in [3.8, 4) is 11.3 Å². The highest BCUT2D eigenvalue weighted by atomic mass is 19.1. The normalized spacial score (nSPS) is 11.8. The van der Waals surface area contributed by atoms with Crippen LogP contribution in [-0.4, -0.2) is 0 Å². The molecule has 3 aromatic carbocycles. The Bertz CT molecular complexity index is 1420. The second-order valence-corrected chi connectivity index (χ2v) is 7.30.